The SMILES string of the molecule is CC1CCN(C(=O)Cc2ccc(F)c(Br)c2)C(CN)C1. The molecule has 3 nitrogen and oxygen atoms in total. The molecule has 1 amide bonds. The summed E-state index contributed by atoms with van der Waals surface area (Å²) in [5, 5.41) is 0. The lowest BCUT2D eigenvalue weighted by atomic mass is 9.92. The highest BCUT2D eigenvalue weighted by Gasteiger charge is 2.28. The van der Waals surface area contributed by atoms with Gasteiger partial charge in [-0.3, -0.25) is 4.79 Å². The molecule has 2 unspecified atom stereocenters. The van der Waals surface area contributed by atoms with E-state index in [1.165, 1.54) is 6.07 Å². The van der Waals surface area contributed by atoms with Crippen LogP contribution in [-0.4, -0.2) is 29.9 Å². The van der Waals surface area contributed by atoms with Gasteiger partial charge in [-0.05, 0) is 52.4 Å². The van der Waals surface area contributed by atoms with Crippen LogP contribution in [0.25, 0.3) is 0 Å². The average Bonchev–Trinajstić information content (AvgIpc) is 2.42. The summed E-state index contributed by atoms with van der Waals surface area (Å²) < 4.78 is 13.6. The number of carbonyl (C=O) groups is 1. The lowest BCUT2D eigenvalue weighted by molar-refractivity contribution is -0.134. The van der Waals surface area contributed by atoms with Gasteiger partial charge >= 0.3 is 0 Å². The molecule has 1 aromatic rings. The van der Waals surface area contributed by atoms with Crippen molar-refractivity contribution in [3.05, 3.63) is 34.1 Å². The molecular formula is C15H20BrFN2O. The Labute approximate surface area is 127 Å². The molecule has 1 aliphatic rings. The molecule has 20 heavy (non-hydrogen) atoms. The first-order valence-electron chi connectivity index (χ1n) is 6.94. The molecule has 0 aromatic heterocycles. The maximum absolute atomic E-state index is 13.2. The van der Waals surface area contributed by atoms with Gasteiger partial charge in [-0.15, -0.1) is 0 Å². The largest absolute Gasteiger partial charge is 0.338 e. The minimum Gasteiger partial charge on any atom is -0.338 e. The van der Waals surface area contributed by atoms with Crippen molar-refractivity contribution >= 4 is 21.8 Å². The second kappa shape index (κ2) is 6.68. The number of piperidine rings is 1. The topological polar surface area (TPSA) is 46.3 Å². The zero-order valence-electron chi connectivity index (χ0n) is 11.6. The van der Waals surface area contributed by atoms with Gasteiger partial charge in [0.2, 0.25) is 5.91 Å². The van der Waals surface area contributed by atoms with Crippen molar-refractivity contribution in [2.45, 2.75) is 32.2 Å². The van der Waals surface area contributed by atoms with Gasteiger partial charge in [0.25, 0.3) is 0 Å². The summed E-state index contributed by atoms with van der Waals surface area (Å²) in [6.45, 7) is 3.47. The summed E-state index contributed by atoms with van der Waals surface area (Å²) >= 11 is 3.15. The molecule has 2 N–H and O–H groups in total. The number of likely N-dealkylation sites (tertiary alicyclic amines) is 1. The number of nitrogens with zero attached hydrogens (tertiary/aromatic N) is 1. The molecule has 0 radical (unpaired) electrons. The molecule has 0 bridgehead atoms. The van der Waals surface area contributed by atoms with Crippen LogP contribution < -0.4 is 5.73 Å². The lowest BCUT2D eigenvalue weighted by Gasteiger charge is -2.38. The fraction of sp³-hybridized carbons (Fsp3) is 0.533. The van der Waals surface area contributed by atoms with Crippen LogP contribution in [0.15, 0.2) is 22.7 Å². The van der Waals surface area contributed by atoms with Crippen LogP contribution in [0, 0.1) is 11.7 Å². The molecule has 2 rings (SSSR count). The fourth-order valence-electron chi connectivity index (χ4n) is 2.73. The molecule has 110 valence electrons. The van der Waals surface area contributed by atoms with Gasteiger partial charge in [-0.2, -0.15) is 0 Å². The van der Waals surface area contributed by atoms with Gasteiger partial charge in [-0.1, -0.05) is 13.0 Å². The van der Waals surface area contributed by atoms with Crippen LogP contribution in [0.5, 0.6) is 0 Å². The molecule has 0 spiro atoms. The number of benzene rings is 1. The quantitative estimate of drug-likeness (QED) is 0.917. The zero-order valence-corrected chi connectivity index (χ0v) is 13.2. The lowest BCUT2D eigenvalue weighted by Crippen LogP contribution is -2.49. The van der Waals surface area contributed by atoms with Crippen molar-refractivity contribution in [3.8, 4) is 0 Å². The number of hydrogen-bond acceptors (Lipinski definition) is 2. The van der Waals surface area contributed by atoms with Crippen LogP contribution in [0.4, 0.5) is 4.39 Å². The number of hydrogen-bond donors (Lipinski definition) is 1. The van der Waals surface area contributed by atoms with Crippen LogP contribution in [0.1, 0.15) is 25.3 Å². The second-order valence-electron chi connectivity index (χ2n) is 5.53. The number of carbonyl (C=O) groups excluding carboxylic acids is 1. The van der Waals surface area contributed by atoms with E-state index in [0.29, 0.717) is 23.4 Å². The Morgan fingerprint density at radius 3 is 2.95 bits per heavy atom. The van der Waals surface area contributed by atoms with Crippen LogP contribution in [-0.2, 0) is 11.2 Å². The minimum absolute atomic E-state index is 0.0749. The highest BCUT2D eigenvalue weighted by Crippen LogP contribution is 2.23. The van der Waals surface area contributed by atoms with Gasteiger partial charge in [0.1, 0.15) is 5.82 Å². The van der Waals surface area contributed by atoms with Crippen LogP contribution in [0.2, 0.25) is 0 Å². The third kappa shape index (κ3) is 3.58. The standard InChI is InChI=1S/C15H20BrFN2O/c1-10-4-5-19(12(6-10)9-18)15(20)8-11-2-3-14(17)13(16)7-11/h2-3,7,10,12H,4-6,8-9,18H2,1H3. The Balaban J connectivity index is 2.05. The molecule has 0 saturated carbocycles. The summed E-state index contributed by atoms with van der Waals surface area (Å²) in [4.78, 5) is 14.3. The summed E-state index contributed by atoms with van der Waals surface area (Å²) in [5.41, 5.74) is 6.60. The van der Waals surface area contributed by atoms with E-state index in [1.807, 2.05) is 4.90 Å². The van der Waals surface area contributed by atoms with Crippen molar-refractivity contribution < 1.29 is 9.18 Å². The smallest absolute Gasteiger partial charge is 0.227 e. The molecule has 1 aromatic carbocycles. The fourth-order valence-corrected chi connectivity index (χ4v) is 3.16. The highest BCUT2D eigenvalue weighted by molar-refractivity contribution is 9.10. The van der Waals surface area contributed by atoms with E-state index in [0.717, 1.165) is 24.9 Å². The monoisotopic (exact) mass is 342 g/mol. The molecule has 1 saturated heterocycles. The third-order valence-electron chi connectivity index (χ3n) is 3.91. The van der Waals surface area contributed by atoms with Gasteiger partial charge < -0.3 is 10.6 Å². The van der Waals surface area contributed by atoms with E-state index in [-0.39, 0.29) is 17.8 Å². The van der Waals surface area contributed by atoms with Crippen molar-refractivity contribution in [3.63, 3.8) is 0 Å². The van der Waals surface area contributed by atoms with E-state index in [9.17, 15) is 9.18 Å². The van der Waals surface area contributed by atoms with Crippen molar-refractivity contribution in [1.29, 1.82) is 0 Å². The van der Waals surface area contributed by atoms with E-state index in [2.05, 4.69) is 22.9 Å². The summed E-state index contributed by atoms with van der Waals surface area (Å²) in [5.74, 6) is 0.381. The van der Waals surface area contributed by atoms with E-state index in [1.54, 1.807) is 12.1 Å². The van der Waals surface area contributed by atoms with Crippen LogP contribution in [0.3, 0.4) is 0 Å². The van der Waals surface area contributed by atoms with E-state index < -0.39 is 0 Å². The Hall–Kier alpha value is -0.940. The number of amides is 1. The molecule has 5 heteroatoms. The average molecular weight is 343 g/mol. The predicted molar refractivity (Wildman–Crippen MR) is 80.8 cm³/mol. The molecule has 0 aliphatic carbocycles. The molecule has 1 fully saturated rings. The van der Waals surface area contributed by atoms with Crippen molar-refractivity contribution in [2.75, 3.05) is 13.1 Å². The van der Waals surface area contributed by atoms with E-state index >= 15 is 0 Å². The second-order valence-corrected chi connectivity index (χ2v) is 6.39. The highest BCUT2D eigenvalue weighted by atomic mass is 79.9. The minimum atomic E-state index is -0.312. The van der Waals surface area contributed by atoms with E-state index in [4.69, 9.17) is 5.73 Å². The Bertz CT molecular complexity index is 495. The third-order valence-corrected chi connectivity index (χ3v) is 4.52. The van der Waals surface area contributed by atoms with Crippen LogP contribution >= 0.6 is 15.9 Å². The maximum atomic E-state index is 13.2. The Kier molecular flexibility index (Phi) is 5.16. The molecule has 1 aliphatic heterocycles. The maximum Gasteiger partial charge on any atom is 0.227 e. The molecular weight excluding hydrogens is 323 g/mol. The van der Waals surface area contributed by atoms with Crippen molar-refractivity contribution in [1.82, 2.24) is 4.90 Å². The Morgan fingerprint density at radius 2 is 2.30 bits per heavy atom. The molecule has 2 atom stereocenters. The summed E-state index contributed by atoms with van der Waals surface area (Å²) in [6.07, 6.45) is 2.29. The van der Waals surface area contributed by atoms with Gasteiger partial charge in [-0.25, -0.2) is 4.39 Å². The number of nitrogens with two attached hydrogens (primary N) is 1. The summed E-state index contributed by atoms with van der Waals surface area (Å²) in [6, 6.07) is 4.83. The number of rotatable bonds is 3. The van der Waals surface area contributed by atoms with Crippen molar-refractivity contribution in [2.24, 2.45) is 11.7 Å². The summed E-state index contributed by atoms with van der Waals surface area (Å²) in [7, 11) is 0. The van der Waals surface area contributed by atoms with Gasteiger partial charge in [0.15, 0.2) is 0 Å². The first-order chi connectivity index (χ1) is 9.51. The first-order valence-corrected chi connectivity index (χ1v) is 7.74. The van der Waals surface area contributed by atoms with Gasteiger partial charge in [0, 0.05) is 19.1 Å². The van der Waals surface area contributed by atoms with Gasteiger partial charge in [0.05, 0.1) is 10.9 Å². The Morgan fingerprint density at radius 1 is 1.55 bits per heavy atom. The molecule has 1 heterocycles. The normalized spacial score (nSPS) is 22.9. The zero-order chi connectivity index (χ0) is 14.7. The number of halogens is 2. The predicted octanol–water partition coefficient (Wildman–Crippen LogP) is 2.72. The first kappa shape index (κ1) is 15.4.